The van der Waals surface area contributed by atoms with Crippen LogP contribution in [0.15, 0.2) is 72.9 Å². The van der Waals surface area contributed by atoms with Gasteiger partial charge in [-0.2, -0.15) is 0 Å². The molecule has 0 heterocycles. The molecule has 358 valence electrons. The van der Waals surface area contributed by atoms with Crippen molar-refractivity contribution in [1.29, 1.82) is 0 Å². The Morgan fingerprint density at radius 1 is 0.371 bits per heavy atom. The van der Waals surface area contributed by atoms with E-state index in [1.54, 1.807) is 0 Å². The lowest BCUT2D eigenvalue weighted by molar-refractivity contribution is -0.163. The van der Waals surface area contributed by atoms with E-state index in [0.717, 1.165) is 70.6 Å². The molecule has 0 radical (unpaired) electrons. The van der Waals surface area contributed by atoms with Gasteiger partial charge >= 0.3 is 11.9 Å². The summed E-state index contributed by atoms with van der Waals surface area (Å²) in [5, 5.41) is 0. The largest absolute Gasteiger partial charge is 0.462 e. The van der Waals surface area contributed by atoms with Crippen LogP contribution >= 0.6 is 0 Å². The minimum absolute atomic E-state index is 0.0638. The standard InChI is InChI=1S/C57H100O5/c1-4-7-10-13-16-19-22-25-27-28-29-30-32-33-35-38-41-44-47-50-56(58)61-54-55(53-60-52-49-46-43-40-37-24-21-18-15-12-9-6-3)62-57(59)51-48-45-42-39-36-34-31-26-23-20-17-14-11-8-5-2/h8,11,15,17-18,20,25-27,31,36,39,55H,4-7,9-10,12-14,16,19,21-24,28-30,32-35,37-38,40-54H2,1-3H3/b11-8-,18-15-,20-17-,27-25-,31-26-,39-36-. The number of unbranched alkanes of at least 4 members (excludes halogenated alkanes) is 25. The van der Waals surface area contributed by atoms with Crippen LogP contribution in [0.4, 0.5) is 0 Å². The highest BCUT2D eigenvalue weighted by atomic mass is 16.6. The van der Waals surface area contributed by atoms with E-state index in [9.17, 15) is 9.59 Å². The molecular formula is C57H100O5. The van der Waals surface area contributed by atoms with Gasteiger partial charge in [-0.15, -0.1) is 0 Å². The molecule has 62 heavy (non-hydrogen) atoms. The molecule has 0 aromatic heterocycles. The third-order valence-corrected chi connectivity index (χ3v) is 11.2. The van der Waals surface area contributed by atoms with Gasteiger partial charge in [0.1, 0.15) is 6.61 Å². The second-order valence-corrected chi connectivity index (χ2v) is 17.4. The molecule has 0 spiro atoms. The number of esters is 2. The molecule has 0 aromatic rings. The first-order valence-electron chi connectivity index (χ1n) is 26.5. The van der Waals surface area contributed by atoms with Gasteiger partial charge in [0.2, 0.25) is 0 Å². The monoisotopic (exact) mass is 865 g/mol. The zero-order chi connectivity index (χ0) is 44.9. The Hall–Kier alpha value is -2.66. The van der Waals surface area contributed by atoms with Crippen molar-refractivity contribution in [3.05, 3.63) is 72.9 Å². The fourth-order valence-electron chi connectivity index (χ4n) is 7.24. The smallest absolute Gasteiger partial charge is 0.306 e. The molecule has 0 aromatic carbocycles. The Morgan fingerprint density at radius 2 is 0.742 bits per heavy atom. The summed E-state index contributed by atoms with van der Waals surface area (Å²) in [5.74, 6) is -0.447. The van der Waals surface area contributed by atoms with E-state index in [-0.39, 0.29) is 25.2 Å². The van der Waals surface area contributed by atoms with Crippen molar-refractivity contribution in [2.45, 2.75) is 258 Å². The van der Waals surface area contributed by atoms with Gasteiger partial charge in [-0.05, 0) is 103 Å². The first kappa shape index (κ1) is 59.3. The average Bonchev–Trinajstić information content (AvgIpc) is 3.27. The molecule has 0 N–H and O–H groups in total. The fourth-order valence-corrected chi connectivity index (χ4v) is 7.24. The van der Waals surface area contributed by atoms with E-state index in [1.807, 2.05) is 0 Å². The molecule has 0 aliphatic heterocycles. The van der Waals surface area contributed by atoms with Gasteiger partial charge in [0.15, 0.2) is 6.10 Å². The van der Waals surface area contributed by atoms with Crippen molar-refractivity contribution in [2.75, 3.05) is 19.8 Å². The third kappa shape index (κ3) is 50.0. The van der Waals surface area contributed by atoms with Crippen molar-refractivity contribution in [1.82, 2.24) is 0 Å². The van der Waals surface area contributed by atoms with Crippen molar-refractivity contribution >= 4 is 11.9 Å². The summed E-state index contributed by atoms with van der Waals surface area (Å²) >= 11 is 0. The Bertz CT molecular complexity index is 1110. The molecule has 0 aliphatic rings. The minimum Gasteiger partial charge on any atom is -0.462 e. The summed E-state index contributed by atoms with van der Waals surface area (Å²) in [4.78, 5) is 25.4. The van der Waals surface area contributed by atoms with Crippen LogP contribution in [0.5, 0.6) is 0 Å². The number of carbonyl (C=O) groups excluding carboxylic acids is 2. The maximum Gasteiger partial charge on any atom is 0.306 e. The number of ether oxygens (including phenoxy) is 3. The molecule has 0 amide bonds. The molecule has 5 nitrogen and oxygen atoms in total. The summed E-state index contributed by atoms with van der Waals surface area (Å²) in [6.07, 6.45) is 67.7. The van der Waals surface area contributed by atoms with E-state index in [4.69, 9.17) is 14.2 Å². The van der Waals surface area contributed by atoms with Gasteiger partial charge in [0.05, 0.1) is 6.61 Å². The molecular weight excluding hydrogens is 765 g/mol. The molecule has 0 saturated heterocycles. The topological polar surface area (TPSA) is 61.8 Å². The quantitative estimate of drug-likeness (QED) is 0.0346. The summed E-state index contributed by atoms with van der Waals surface area (Å²) < 4.78 is 17.4. The lowest BCUT2D eigenvalue weighted by atomic mass is 10.1. The number of rotatable bonds is 48. The summed E-state index contributed by atoms with van der Waals surface area (Å²) in [5.41, 5.74) is 0. The van der Waals surface area contributed by atoms with Gasteiger partial charge in [-0.25, -0.2) is 0 Å². The van der Waals surface area contributed by atoms with E-state index >= 15 is 0 Å². The Labute approximate surface area is 385 Å². The van der Waals surface area contributed by atoms with Crippen molar-refractivity contribution < 1.29 is 23.8 Å². The van der Waals surface area contributed by atoms with Crippen molar-refractivity contribution in [3.63, 3.8) is 0 Å². The number of hydrogen-bond donors (Lipinski definition) is 0. The van der Waals surface area contributed by atoms with Crippen LogP contribution in [0.3, 0.4) is 0 Å². The number of hydrogen-bond acceptors (Lipinski definition) is 5. The second-order valence-electron chi connectivity index (χ2n) is 17.4. The first-order chi connectivity index (χ1) is 30.6. The lowest BCUT2D eigenvalue weighted by Crippen LogP contribution is -2.30. The normalized spacial score (nSPS) is 12.8. The maximum atomic E-state index is 12.8. The van der Waals surface area contributed by atoms with E-state index < -0.39 is 6.10 Å². The van der Waals surface area contributed by atoms with Crippen LogP contribution in [0.1, 0.15) is 252 Å². The van der Waals surface area contributed by atoms with Crippen LogP contribution < -0.4 is 0 Å². The van der Waals surface area contributed by atoms with Crippen LogP contribution in [0.2, 0.25) is 0 Å². The van der Waals surface area contributed by atoms with Crippen LogP contribution in [-0.4, -0.2) is 37.9 Å². The highest BCUT2D eigenvalue weighted by Crippen LogP contribution is 2.14. The molecule has 1 unspecified atom stereocenters. The maximum absolute atomic E-state index is 12.8. The Morgan fingerprint density at radius 3 is 1.26 bits per heavy atom. The molecule has 0 fully saturated rings. The highest BCUT2D eigenvalue weighted by molar-refractivity contribution is 5.70. The molecule has 0 rings (SSSR count). The zero-order valence-electron chi connectivity index (χ0n) is 41.1. The Balaban J connectivity index is 4.29. The van der Waals surface area contributed by atoms with E-state index in [2.05, 4.69) is 93.7 Å². The third-order valence-electron chi connectivity index (χ3n) is 11.2. The van der Waals surface area contributed by atoms with E-state index in [0.29, 0.717) is 19.4 Å². The molecule has 0 bridgehead atoms. The zero-order valence-corrected chi connectivity index (χ0v) is 41.1. The van der Waals surface area contributed by atoms with Crippen LogP contribution in [0, 0.1) is 0 Å². The molecule has 0 aliphatic carbocycles. The van der Waals surface area contributed by atoms with Crippen molar-refractivity contribution in [2.24, 2.45) is 0 Å². The van der Waals surface area contributed by atoms with Gasteiger partial charge in [-0.1, -0.05) is 209 Å². The summed E-state index contributed by atoms with van der Waals surface area (Å²) in [7, 11) is 0. The van der Waals surface area contributed by atoms with Crippen LogP contribution in [0.25, 0.3) is 0 Å². The van der Waals surface area contributed by atoms with Crippen LogP contribution in [-0.2, 0) is 23.8 Å². The van der Waals surface area contributed by atoms with Gasteiger partial charge < -0.3 is 14.2 Å². The minimum atomic E-state index is -0.563. The second kappa shape index (κ2) is 52.7. The van der Waals surface area contributed by atoms with Gasteiger partial charge in [0.25, 0.3) is 0 Å². The summed E-state index contributed by atoms with van der Waals surface area (Å²) in [6, 6.07) is 0. The summed E-state index contributed by atoms with van der Waals surface area (Å²) in [6.45, 7) is 7.63. The Kier molecular flexibility index (Phi) is 50.4. The predicted molar refractivity (Wildman–Crippen MR) is 270 cm³/mol. The average molecular weight is 865 g/mol. The number of carbonyl (C=O) groups is 2. The van der Waals surface area contributed by atoms with Gasteiger partial charge in [0, 0.05) is 19.4 Å². The SMILES string of the molecule is CC/C=C\C/C=C\C/C=C\C/C=C\CCCCC(=O)OC(COCCCCCCCC/C=C\CCCC)COC(=O)CCCCCCCCCCC/C=C\CCCCCCCC. The highest BCUT2D eigenvalue weighted by Gasteiger charge is 2.17. The van der Waals surface area contributed by atoms with Crippen molar-refractivity contribution in [3.8, 4) is 0 Å². The molecule has 0 saturated carbocycles. The lowest BCUT2D eigenvalue weighted by Gasteiger charge is -2.18. The predicted octanol–water partition coefficient (Wildman–Crippen LogP) is 17.9. The molecule has 1 atom stereocenters. The fraction of sp³-hybridized carbons (Fsp3) is 0.754. The van der Waals surface area contributed by atoms with E-state index in [1.165, 1.54) is 148 Å². The molecule has 5 heteroatoms. The number of allylic oxidation sites excluding steroid dienone is 12. The first-order valence-corrected chi connectivity index (χ1v) is 26.5. The van der Waals surface area contributed by atoms with Gasteiger partial charge in [-0.3, -0.25) is 9.59 Å².